The van der Waals surface area contributed by atoms with E-state index in [1.165, 1.54) is 6.07 Å². The third kappa shape index (κ3) is 3.20. The van der Waals surface area contributed by atoms with E-state index in [0.29, 0.717) is 12.2 Å². The zero-order valence-electron chi connectivity index (χ0n) is 9.18. The molecule has 1 heterocycles. The van der Waals surface area contributed by atoms with Crippen LogP contribution in [0.1, 0.15) is 16.2 Å². The number of nitrogens with zero attached hydrogens (tertiary/aromatic N) is 1. The summed E-state index contributed by atoms with van der Waals surface area (Å²) in [5.74, 6) is 0.329. The van der Waals surface area contributed by atoms with Gasteiger partial charge in [-0.05, 0) is 30.2 Å². The van der Waals surface area contributed by atoms with Gasteiger partial charge in [0.1, 0.15) is 10.7 Å². The molecule has 1 aromatic heterocycles. The average molecular weight is 375 g/mol. The minimum atomic E-state index is -0.539. The first-order valence-corrected chi connectivity index (χ1v) is 6.90. The van der Waals surface area contributed by atoms with E-state index in [9.17, 15) is 10.1 Å². The topological polar surface area (TPSA) is 56.3 Å². The van der Waals surface area contributed by atoms with E-state index in [1.54, 1.807) is 6.07 Å². The molecule has 2 rings (SSSR count). The van der Waals surface area contributed by atoms with Gasteiger partial charge in [-0.1, -0.05) is 44.0 Å². The monoisotopic (exact) mass is 373 g/mol. The molecule has 1 atom stereocenters. The van der Waals surface area contributed by atoms with E-state index in [1.807, 2.05) is 24.3 Å². The van der Waals surface area contributed by atoms with E-state index in [2.05, 4.69) is 31.9 Å². The molecule has 0 aliphatic heterocycles. The molecular formula is C12H9Br2NO3. The van der Waals surface area contributed by atoms with Crippen molar-refractivity contribution in [1.29, 1.82) is 0 Å². The minimum absolute atomic E-state index is 0.0765. The number of hydrogen-bond donors (Lipinski definition) is 0. The summed E-state index contributed by atoms with van der Waals surface area (Å²) in [6.07, 6.45) is 0.706. The van der Waals surface area contributed by atoms with Gasteiger partial charge >= 0.3 is 5.88 Å². The second-order valence-corrected chi connectivity index (χ2v) is 5.75. The summed E-state index contributed by atoms with van der Waals surface area (Å²) >= 11 is 6.85. The molecule has 0 amide bonds. The number of halogens is 2. The lowest BCUT2D eigenvalue weighted by molar-refractivity contribution is -0.402. The Morgan fingerprint density at radius 3 is 2.44 bits per heavy atom. The fraction of sp³-hybridized carbons (Fsp3) is 0.167. The van der Waals surface area contributed by atoms with Gasteiger partial charge in [-0.15, -0.1) is 0 Å². The van der Waals surface area contributed by atoms with E-state index < -0.39 is 4.92 Å². The summed E-state index contributed by atoms with van der Waals surface area (Å²) in [7, 11) is 0. The van der Waals surface area contributed by atoms with Crippen LogP contribution in [0.5, 0.6) is 0 Å². The lowest BCUT2D eigenvalue weighted by Crippen LogP contribution is -1.93. The van der Waals surface area contributed by atoms with Crippen LogP contribution in [0.15, 0.2) is 45.3 Å². The van der Waals surface area contributed by atoms with Crippen molar-refractivity contribution in [2.45, 2.75) is 11.2 Å². The molecule has 1 aromatic carbocycles. The van der Waals surface area contributed by atoms with Crippen LogP contribution in [0, 0.1) is 10.1 Å². The standard InChI is InChI=1S/C12H9Br2NO3/c13-9-3-1-8(2-4-9)7-10(14)11-5-6-12(18-11)15(16)17/h1-6,10H,7H2. The maximum Gasteiger partial charge on any atom is 0.433 e. The molecular weight excluding hydrogens is 366 g/mol. The van der Waals surface area contributed by atoms with E-state index in [0.717, 1.165) is 10.0 Å². The third-order valence-corrected chi connectivity index (χ3v) is 3.73. The molecule has 18 heavy (non-hydrogen) atoms. The van der Waals surface area contributed by atoms with Crippen LogP contribution in [0.4, 0.5) is 5.88 Å². The summed E-state index contributed by atoms with van der Waals surface area (Å²) in [6.45, 7) is 0. The highest BCUT2D eigenvalue weighted by molar-refractivity contribution is 9.10. The molecule has 0 saturated carbocycles. The first kappa shape index (κ1) is 13.3. The molecule has 0 radical (unpaired) electrons. The molecule has 0 fully saturated rings. The first-order chi connectivity index (χ1) is 8.56. The van der Waals surface area contributed by atoms with Crippen LogP contribution in [-0.4, -0.2) is 4.92 Å². The van der Waals surface area contributed by atoms with Crippen LogP contribution in [0.2, 0.25) is 0 Å². The lowest BCUT2D eigenvalue weighted by atomic mass is 10.1. The van der Waals surface area contributed by atoms with Crippen molar-refractivity contribution >= 4 is 37.7 Å². The minimum Gasteiger partial charge on any atom is -0.405 e. The molecule has 0 saturated heterocycles. The second kappa shape index (κ2) is 5.67. The number of nitro groups is 1. The second-order valence-electron chi connectivity index (χ2n) is 3.73. The Bertz CT molecular complexity index is 551. The largest absolute Gasteiger partial charge is 0.433 e. The van der Waals surface area contributed by atoms with Gasteiger partial charge in [-0.3, -0.25) is 10.1 Å². The Morgan fingerprint density at radius 2 is 1.89 bits per heavy atom. The van der Waals surface area contributed by atoms with Crippen molar-refractivity contribution < 1.29 is 9.34 Å². The lowest BCUT2D eigenvalue weighted by Gasteiger charge is -2.06. The molecule has 0 N–H and O–H groups in total. The fourth-order valence-electron chi connectivity index (χ4n) is 1.54. The highest BCUT2D eigenvalue weighted by atomic mass is 79.9. The van der Waals surface area contributed by atoms with Gasteiger partial charge in [0.15, 0.2) is 0 Å². The maximum atomic E-state index is 10.5. The van der Waals surface area contributed by atoms with Crippen molar-refractivity contribution in [3.8, 4) is 0 Å². The van der Waals surface area contributed by atoms with Gasteiger partial charge in [-0.25, -0.2) is 0 Å². The number of benzene rings is 1. The Kier molecular flexibility index (Phi) is 4.19. The zero-order chi connectivity index (χ0) is 13.1. The highest BCUT2D eigenvalue weighted by Gasteiger charge is 2.17. The smallest absolute Gasteiger partial charge is 0.405 e. The summed E-state index contributed by atoms with van der Waals surface area (Å²) < 4.78 is 6.17. The quantitative estimate of drug-likeness (QED) is 0.445. The summed E-state index contributed by atoms with van der Waals surface area (Å²) in [4.78, 5) is 9.91. The number of rotatable bonds is 4. The van der Waals surface area contributed by atoms with Crippen molar-refractivity contribution in [3.05, 3.63) is 62.3 Å². The van der Waals surface area contributed by atoms with Crippen LogP contribution in [-0.2, 0) is 6.42 Å². The molecule has 1 unspecified atom stereocenters. The van der Waals surface area contributed by atoms with Crippen molar-refractivity contribution in [3.63, 3.8) is 0 Å². The first-order valence-electron chi connectivity index (χ1n) is 5.19. The molecule has 0 aliphatic rings. The summed E-state index contributed by atoms with van der Waals surface area (Å²) in [6, 6.07) is 10.9. The van der Waals surface area contributed by atoms with Gasteiger partial charge in [-0.2, -0.15) is 0 Å². The SMILES string of the molecule is O=[N+]([O-])c1ccc(C(Br)Cc2ccc(Br)cc2)o1. The highest BCUT2D eigenvalue weighted by Crippen LogP contribution is 2.30. The fourth-order valence-corrected chi connectivity index (χ4v) is 2.42. The molecule has 0 bridgehead atoms. The average Bonchev–Trinajstić information content (AvgIpc) is 2.81. The van der Waals surface area contributed by atoms with Crippen molar-refractivity contribution in [2.75, 3.05) is 0 Å². The van der Waals surface area contributed by atoms with Crippen molar-refractivity contribution in [2.24, 2.45) is 0 Å². The number of hydrogen-bond acceptors (Lipinski definition) is 3. The summed E-state index contributed by atoms with van der Waals surface area (Å²) in [5, 5.41) is 10.5. The van der Waals surface area contributed by atoms with Crippen LogP contribution >= 0.6 is 31.9 Å². The van der Waals surface area contributed by atoms with Gasteiger partial charge in [0.25, 0.3) is 0 Å². The van der Waals surface area contributed by atoms with E-state index in [-0.39, 0.29) is 10.7 Å². The Labute approximate surface area is 120 Å². The summed E-state index contributed by atoms with van der Waals surface area (Å²) in [5.41, 5.74) is 1.12. The zero-order valence-corrected chi connectivity index (χ0v) is 12.3. The van der Waals surface area contributed by atoms with E-state index in [4.69, 9.17) is 4.42 Å². The van der Waals surface area contributed by atoms with Gasteiger partial charge < -0.3 is 4.42 Å². The number of alkyl halides is 1. The predicted octanol–water partition coefficient (Wildman–Crippen LogP) is 4.63. The molecule has 2 aromatic rings. The number of furan rings is 1. The molecule has 94 valence electrons. The van der Waals surface area contributed by atoms with Crippen LogP contribution < -0.4 is 0 Å². The van der Waals surface area contributed by atoms with Gasteiger partial charge in [0.05, 0.1) is 10.9 Å². The molecule has 6 heteroatoms. The van der Waals surface area contributed by atoms with Crippen LogP contribution in [0.25, 0.3) is 0 Å². The Hall–Kier alpha value is -1.14. The normalized spacial score (nSPS) is 12.3. The Morgan fingerprint density at radius 1 is 1.22 bits per heavy atom. The Balaban J connectivity index is 2.09. The van der Waals surface area contributed by atoms with E-state index >= 15 is 0 Å². The predicted molar refractivity (Wildman–Crippen MR) is 74.9 cm³/mol. The van der Waals surface area contributed by atoms with Gasteiger partial charge in [0.2, 0.25) is 0 Å². The molecule has 0 spiro atoms. The van der Waals surface area contributed by atoms with Crippen LogP contribution in [0.3, 0.4) is 0 Å². The third-order valence-electron chi connectivity index (χ3n) is 2.43. The molecule has 0 aliphatic carbocycles. The van der Waals surface area contributed by atoms with Crippen molar-refractivity contribution in [1.82, 2.24) is 0 Å². The molecule has 4 nitrogen and oxygen atoms in total. The van der Waals surface area contributed by atoms with Gasteiger partial charge in [0, 0.05) is 4.47 Å². The maximum absolute atomic E-state index is 10.5.